The van der Waals surface area contributed by atoms with Crippen LogP contribution < -0.4 is 9.47 Å². The first-order valence-electron chi connectivity index (χ1n) is 9.78. The number of amides is 1. The number of piperazine rings is 1. The highest BCUT2D eigenvalue weighted by molar-refractivity contribution is 5.78. The highest BCUT2D eigenvalue weighted by atomic mass is 16.7. The summed E-state index contributed by atoms with van der Waals surface area (Å²) in [6.07, 6.45) is 0. The third kappa shape index (κ3) is 4.64. The highest BCUT2D eigenvalue weighted by Crippen LogP contribution is 2.32. The molecule has 0 atom stereocenters. The average Bonchev–Trinajstić information content (AvgIpc) is 3.17. The van der Waals surface area contributed by atoms with Gasteiger partial charge in [0.15, 0.2) is 11.5 Å². The Bertz CT molecular complexity index is 804. The lowest BCUT2D eigenvalue weighted by atomic mass is 10.1. The molecule has 1 saturated heterocycles. The zero-order valence-corrected chi connectivity index (χ0v) is 16.3. The van der Waals surface area contributed by atoms with Crippen molar-refractivity contribution in [3.05, 3.63) is 59.7 Å². The van der Waals surface area contributed by atoms with Crippen LogP contribution in [0.25, 0.3) is 0 Å². The standard InChI is InChI=1S/C22H27N3O3/c1-23(14-18-5-3-2-4-6-18)16-22(26)25-11-9-24(10-12-25)15-19-7-8-20-21(13-19)28-17-27-20/h2-8,13H,9-12,14-17H2,1H3. The van der Waals surface area contributed by atoms with E-state index in [-0.39, 0.29) is 5.91 Å². The van der Waals surface area contributed by atoms with E-state index in [1.807, 2.05) is 36.2 Å². The Kier molecular flexibility index (Phi) is 5.78. The first kappa shape index (κ1) is 18.8. The lowest BCUT2D eigenvalue weighted by Crippen LogP contribution is -2.50. The number of rotatable bonds is 6. The van der Waals surface area contributed by atoms with Gasteiger partial charge >= 0.3 is 0 Å². The number of carbonyl (C=O) groups is 1. The fraction of sp³-hybridized carbons (Fsp3) is 0.409. The Labute approximate surface area is 166 Å². The Morgan fingerprint density at radius 1 is 0.964 bits per heavy atom. The number of hydrogen-bond donors (Lipinski definition) is 0. The van der Waals surface area contributed by atoms with E-state index >= 15 is 0 Å². The van der Waals surface area contributed by atoms with Crippen molar-refractivity contribution in [1.29, 1.82) is 0 Å². The van der Waals surface area contributed by atoms with Gasteiger partial charge in [0.05, 0.1) is 6.54 Å². The van der Waals surface area contributed by atoms with Crippen molar-refractivity contribution in [2.45, 2.75) is 13.1 Å². The lowest BCUT2D eigenvalue weighted by molar-refractivity contribution is -0.134. The van der Waals surface area contributed by atoms with Crippen LogP contribution in [0.4, 0.5) is 0 Å². The maximum Gasteiger partial charge on any atom is 0.236 e. The van der Waals surface area contributed by atoms with Crippen LogP contribution >= 0.6 is 0 Å². The predicted octanol–water partition coefficient (Wildman–Crippen LogP) is 2.19. The van der Waals surface area contributed by atoms with Crippen LogP contribution in [-0.2, 0) is 17.9 Å². The summed E-state index contributed by atoms with van der Waals surface area (Å²) >= 11 is 0. The van der Waals surface area contributed by atoms with E-state index in [2.05, 4.69) is 34.1 Å². The Balaban J connectivity index is 1.23. The zero-order chi connectivity index (χ0) is 19.3. The van der Waals surface area contributed by atoms with Gasteiger partial charge in [-0.15, -0.1) is 0 Å². The van der Waals surface area contributed by atoms with E-state index in [1.54, 1.807) is 0 Å². The second kappa shape index (κ2) is 8.63. The first-order chi connectivity index (χ1) is 13.7. The molecule has 1 fully saturated rings. The summed E-state index contributed by atoms with van der Waals surface area (Å²) in [5.41, 5.74) is 2.44. The van der Waals surface area contributed by atoms with Crippen molar-refractivity contribution < 1.29 is 14.3 Å². The molecule has 0 N–H and O–H groups in total. The van der Waals surface area contributed by atoms with Crippen molar-refractivity contribution in [2.75, 3.05) is 46.6 Å². The van der Waals surface area contributed by atoms with Gasteiger partial charge in [-0.05, 0) is 30.3 Å². The molecule has 0 aliphatic carbocycles. The summed E-state index contributed by atoms with van der Waals surface area (Å²) in [5, 5.41) is 0. The second-order valence-corrected chi connectivity index (χ2v) is 7.50. The molecule has 0 unspecified atom stereocenters. The van der Waals surface area contributed by atoms with Gasteiger partial charge in [-0.3, -0.25) is 14.6 Å². The number of benzene rings is 2. The smallest absolute Gasteiger partial charge is 0.236 e. The van der Waals surface area contributed by atoms with E-state index in [4.69, 9.17) is 9.47 Å². The van der Waals surface area contributed by atoms with E-state index in [1.165, 1.54) is 11.1 Å². The number of ether oxygens (including phenoxy) is 2. The maximum atomic E-state index is 12.6. The molecule has 2 aliphatic heterocycles. The van der Waals surface area contributed by atoms with Crippen LogP contribution in [0.3, 0.4) is 0 Å². The molecule has 0 radical (unpaired) electrons. The van der Waals surface area contributed by atoms with Crippen molar-refractivity contribution in [3.63, 3.8) is 0 Å². The summed E-state index contributed by atoms with van der Waals surface area (Å²) in [7, 11) is 2.00. The molecular formula is C22H27N3O3. The number of fused-ring (bicyclic) bond motifs is 1. The van der Waals surface area contributed by atoms with Gasteiger partial charge in [0.2, 0.25) is 12.7 Å². The number of likely N-dealkylation sites (N-methyl/N-ethyl adjacent to an activating group) is 1. The van der Waals surface area contributed by atoms with Crippen molar-refractivity contribution in [3.8, 4) is 11.5 Å². The van der Waals surface area contributed by atoms with Crippen LogP contribution in [0.5, 0.6) is 11.5 Å². The molecule has 148 valence electrons. The number of carbonyl (C=O) groups excluding carboxylic acids is 1. The van der Waals surface area contributed by atoms with Gasteiger partial charge in [0, 0.05) is 39.3 Å². The minimum Gasteiger partial charge on any atom is -0.454 e. The number of nitrogens with zero attached hydrogens (tertiary/aromatic N) is 3. The molecule has 6 heteroatoms. The van der Waals surface area contributed by atoms with Crippen LogP contribution in [-0.4, -0.2) is 67.2 Å². The molecule has 28 heavy (non-hydrogen) atoms. The van der Waals surface area contributed by atoms with E-state index in [9.17, 15) is 4.79 Å². The molecule has 0 aromatic heterocycles. The third-order valence-electron chi connectivity index (χ3n) is 5.27. The summed E-state index contributed by atoms with van der Waals surface area (Å²) in [5.74, 6) is 1.85. The maximum absolute atomic E-state index is 12.6. The predicted molar refractivity (Wildman–Crippen MR) is 107 cm³/mol. The minimum atomic E-state index is 0.209. The Hall–Kier alpha value is -2.57. The molecule has 2 aromatic carbocycles. The third-order valence-corrected chi connectivity index (χ3v) is 5.27. The fourth-order valence-corrected chi connectivity index (χ4v) is 3.73. The molecule has 0 saturated carbocycles. The largest absolute Gasteiger partial charge is 0.454 e. The van der Waals surface area contributed by atoms with Gasteiger partial charge in [0.1, 0.15) is 0 Å². The first-order valence-corrected chi connectivity index (χ1v) is 9.78. The fourth-order valence-electron chi connectivity index (χ4n) is 3.73. The van der Waals surface area contributed by atoms with E-state index in [0.717, 1.165) is 50.8 Å². The van der Waals surface area contributed by atoms with E-state index in [0.29, 0.717) is 13.3 Å². The summed E-state index contributed by atoms with van der Waals surface area (Å²) in [6.45, 7) is 5.76. The van der Waals surface area contributed by atoms with Gasteiger partial charge in [-0.1, -0.05) is 36.4 Å². The molecule has 0 bridgehead atoms. The van der Waals surface area contributed by atoms with Crippen LogP contribution in [0.2, 0.25) is 0 Å². The zero-order valence-electron chi connectivity index (χ0n) is 16.3. The molecule has 2 heterocycles. The molecule has 2 aromatic rings. The van der Waals surface area contributed by atoms with Crippen LogP contribution in [0.15, 0.2) is 48.5 Å². The average molecular weight is 381 g/mol. The Morgan fingerprint density at radius 3 is 2.50 bits per heavy atom. The van der Waals surface area contributed by atoms with E-state index < -0.39 is 0 Å². The van der Waals surface area contributed by atoms with Crippen LogP contribution in [0.1, 0.15) is 11.1 Å². The summed E-state index contributed by atoms with van der Waals surface area (Å²) in [6, 6.07) is 16.4. The molecule has 4 rings (SSSR count). The normalized spacial score (nSPS) is 16.6. The second-order valence-electron chi connectivity index (χ2n) is 7.50. The molecule has 2 aliphatic rings. The molecule has 0 spiro atoms. The van der Waals surface area contributed by atoms with Gasteiger partial charge < -0.3 is 14.4 Å². The monoisotopic (exact) mass is 381 g/mol. The summed E-state index contributed by atoms with van der Waals surface area (Å²) in [4.78, 5) is 19.1. The van der Waals surface area contributed by atoms with Gasteiger partial charge in [-0.2, -0.15) is 0 Å². The van der Waals surface area contributed by atoms with Crippen molar-refractivity contribution in [2.24, 2.45) is 0 Å². The van der Waals surface area contributed by atoms with Crippen LogP contribution in [0, 0.1) is 0 Å². The highest BCUT2D eigenvalue weighted by Gasteiger charge is 2.22. The van der Waals surface area contributed by atoms with Gasteiger partial charge in [0.25, 0.3) is 0 Å². The van der Waals surface area contributed by atoms with Crippen molar-refractivity contribution >= 4 is 5.91 Å². The van der Waals surface area contributed by atoms with Crippen molar-refractivity contribution in [1.82, 2.24) is 14.7 Å². The topological polar surface area (TPSA) is 45.3 Å². The Morgan fingerprint density at radius 2 is 1.71 bits per heavy atom. The number of hydrogen-bond acceptors (Lipinski definition) is 5. The molecule has 6 nitrogen and oxygen atoms in total. The quantitative estimate of drug-likeness (QED) is 0.768. The minimum absolute atomic E-state index is 0.209. The molecular weight excluding hydrogens is 354 g/mol. The van der Waals surface area contributed by atoms with Gasteiger partial charge in [-0.25, -0.2) is 0 Å². The lowest BCUT2D eigenvalue weighted by Gasteiger charge is -2.35. The SMILES string of the molecule is CN(CC(=O)N1CCN(Cc2ccc3c(c2)OCO3)CC1)Cc1ccccc1. The molecule has 1 amide bonds. The summed E-state index contributed by atoms with van der Waals surface area (Å²) < 4.78 is 10.8.